The van der Waals surface area contributed by atoms with Crippen molar-refractivity contribution in [2.45, 2.75) is 19.9 Å². The molecule has 0 aromatic heterocycles. The van der Waals surface area contributed by atoms with Crippen LogP contribution in [0.2, 0.25) is 5.02 Å². The van der Waals surface area contributed by atoms with Gasteiger partial charge in [0.05, 0.1) is 12.1 Å². The van der Waals surface area contributed by atoms with Gasteiger partial charge in [0.1, 0.15) is 6.04 Å². The van der Waals surface area contributed by atoms with Crippen molar-refractivity contribution >= 4 is 46.1 Å². The first-order valence-corrected chi connectivity index (χ1v) is 7.16. The van der Waals surface area contributed by atoms with Crippen molar-refractivity contribution in [3.05, 3.63) is 32.4 Å². The van der Waals surface area contributed by atoms with Gasteiger partial charge in [0.15, 0.2) is 0 Å². The number of halogens is 2. The maximum atomic E-state index is 12.1. The Morgan fingerprint density at radius 1 is 1.37 bits per heavy atom. The van der Waals surface area contributed by atoms with Crippen molar-refractivity contribution < 1.29 is 14.3 Å². The minimum absolute atomic E-state index is 0.0595. The van der Waals surface area contributed by atoms with Crippen LogP contribution in [0, 0.1) is 9.49 Å². The van der Waals surface area contributed by atoms with Crippen LogP contribution in [-0.2, 0) is 9.53 Å². The van der Waals surface area contributed by atoms with E-state index >= 15 is 0 Å². The average molecular weight is 396 g/mol. The second-order valence-corrected chi connectivity index (χ2v) is 5.92. The Hall–Kier alpha value is -0.820. The molecule has 0 aliphatic carbocycles. The van der Waals surface area contributed by atoms with Gasteiger partial charge in [-0.2, -0.15) is 0 Å². The standard InChI is InChI=1S/C13H15ClINO3/c1-7(2)11(13(18)19-3)16-12(17)8-4-5-10(15)9(14)6-8/h4-7,11H,1-3H3,(H,16,17). The number of hydrogen-bond donors (Lipinski definition) is 1. The van der Waals surface area contributed by atoms with Gasteiger partial charge in [-0.3, -0.25) is 4.79 Å². The lowest BCUT2D eigenvalue weighted by molar-refractivity contribution is -0.144. The fraction of sp³-hybridized carbons (Fsp3) is 0.385. The number of amides is 1. The van der Waals surface area contributed by atoms with Crippen molar-refractivity contribution in [3.8, 4) is 0 Å². The van der Waals surface area contributed by atoms with Gasteiger partial charge in [-0.15, -0.1) is 0 Å². The summed E-state index contributed by atoms with van der Waals surface area (Å²) < 4.78 is 5.54. The number of carbonyl (C=O) groups is 2. The molecule has 19 heavy (non-hydrogen) atoms. The first kappa shape index (κ1) is 16.2. The third-order valence-corrected chi connectivity index (χ3v) is 4.16. The van der Waals surface area contributed by atoms with E-state index < -0.39 is 12.0 Å². The quantitative estimate of drug-likeness (QED) is 0.630. The van der Waals surface area contributed by atoms with Crippen molar-refractivity contribution in [1.82, 2.24) is 5.32 Å². The molecule has 0 fully saturated rings. The molecule has 1 N–H and O–H groups in total. The Morgan fingerprint density at radius 3 is 2.47 bits per heavy atom. The third kappa shape index (κ3) is 4.35. The van der Waals surface area contributed by atoms with Crippen molar-refractivity contribution in [1.29, 1.82) is 0 Å². The highest BCUT2D eigenvalue weighted by Crippen LogP contribution is 2.19. The van der Waals surface area contributed by atoms with E-state index in [1.165, 1.54) is 7.11 Å². The van der Waals surface area contributed by atoms with Crippen LogP contribution in [0.3, 0.4) is 0 Å². The largest absolute Gasteiger partial charge is 0.467 e. The van der Waals surface area contributed by atoms with E-state index in [-0.39, 0.29) is 11.8 Å². The molecule has 1 amide bonds. The molecule has 0 radical (unpaired) electrons. The molecule has 0 heterocycles. The van der Waals surface area contributed by atoms with E-state index in [0.29, 0.717) is 10.6 Å². The normalized spacial score (nSPS) is 12.1. The summed E-state index contributed by atoms with van der Waals surface area (Å²) in [5.41, 5.74) is 0.417. The summed E-state index contributed by atoms with van der Waals surface area (Å²) in [6, 6.07) is 4.32. The molecule has 1 atom stereocenters. The Labute approximate surface area is 131 Å². The van der Waals surface area contributed by atoms with Crippen molar-refractivity contribution in [2.24, 2.45) is 5.92 Å². The van der Waals surface area contributed by atoms with Crippen LogP contribution in [-0.4, -0.2) is 25.0 Å². The zero-order chi connectivity index (χ0) is 14.6. The molecular weight excluding hydrogens is 381 g/mol. The fourth-order valence-corrected chi connectivity index (χ4v) is 2.00. The van der Waals surface area contributed by atoms with E-state index in [1.807, 2.05) is 13.8 Å². The topological polar surface area (TPSA) is 55.4 Å². The number of hydrogen-bond acceptors (Lipinski definition) is 3. The fourth-order valence-electron chi connectivity index (χ4n) is 1.49. The molecular formula is C13H15ClINO3. The van der Waals surface area contributed by atoms with E-state index in [4.69, 9.17) is 11.6 Å². The highest BCUT2D eigenvalue weighted by atomic mass is 127. The minimum Gasteiger partial charge on any atom is -0.467 e. The summed E-state index contributed by atoms with van der Waals surface area (Å²) in [5, 5.41) is 3.16. The maximum Gasteiger partial charge on any atom is 0.328 e. The van der Waals surface area contributed by atoms with Crippen molar-refractivity contribution in [2.75, 3.05) is 7.11 Å². The summed E-state index contributed by atoms with van der Waals surface area (Å²) in [4.78, 5) is 23.6. The van der Waals surface area contributed by atoms with Crippen LogP contribution in [0.1, 0.15) is 24.2 Å². The minimum atomic E-state index is -0.671. The lowest BCUT2D eigenvalue weighted by atomic mass is 10.0. The third-order valence-electron chi connectivity index (χ3n) is 2.59. The van der Waals surface area contributed by atoms with Crippen LogP contribution in [0.5, 0.6) is 0 Å². The molecule has 6 heteroatoms. The second-order valence-electron chi connectivity index (χ2n) is 4.35. The number of esters is 1. The first-order chi connectivity index (χ1) is 8.86. The van der Waals surface area contributed by atoms with Crippen LogP contribution in [0.15, 0.2) is 18.2 Å². The molecule has 0 bridgehead atoms. The molecule has 0 saturated carbocycles. The SMILES string of the molecule is COC(=O)C(NC(=O)c1ccc(I)c(Cl)c1)C(C)C. The van der Waals surface area contributed by atoms with E-state index in [1.54, 1.807) is 18.2 Å². The zero-order valence-electron chi connectivity index (χ0n) is 10.9. The first-order valence-electron chi connectivity index (χ1n) is 5.70. The Bertz CT molecular complexity index is 491. The highest BCUT2D eigenvalue weighted by Gasteiger charge is 2.25. The summed E-state index contributed by atoms with van der Waals surface area (Å²) in [6.45, 7) is 3.67. The Morgan fingerprint density at radius 2 is 2.00 bits per heavy atom. The molecule has 0 aliphatic heterocycles. The molecule has 0 aliphatic rings. The van der Waals surface area contributed by atoms with Gasteiger partial charge in [-0.25, -0.2) is 4.79 Å². The smallest absolute Gasteiger partial charge is 0.328 e. The van der Waals surface area contributed by atoms with E-state index in [2.05, 4.69) is 32.6 Å². The molecule has 1 aromatic rings. The van der Waals surface area contributed by atoms with Crippen molar-refractivity contribution in [3.63, 3.8) is 0 Å². The lowest BCUT2D eigenvalue weighted by Crippen LogP contribution is -2.45. The lowest BCUT2D eigenvalue weighted by Gasteiger charge is -2.19. The molecule has 1 aromatic carbocycles. The molecule has 1 unspecified atom stereocenters. The van der Waals surface area contributed by atoms with Crippen LogP contribution < -0.4 is 5.32 Å². The monoisotopic (exact) mass is 395 g/mol. The van der Waals surface area contributed by atoms with Crippen LogP contribution >= 0.6 is 34.2 Å². The summed E-state index contributed by atoms with van der Waals surface area (Å²) in [5.74, 6) is -0.863. The summed E-state index contributed by atoms with van der Waals surface area (Å²) >= 11 is 8.05. The molecule has 4 nitrogen and oxygen atoms in total. The van der Waals surface area contributed by atoms with Gasteiger partial charge in [0.25, 0.3) is 5.91 Å². The van der Waals surface area contributed by atoms with E-state index in [0.717, 1.165) is 3.57 Å². The predicted octanol–water partition coefficient (Wildman–Crippen LogP) is 2.87. The van der Waals surface area contributed by atoms with E-state index in [9.17, 15) is 9.59 Å². The number of rotatable bonds is 4. The van der Waals surface area contributed by atoms with Gasteiger partial charge in [0.2, 0.25) is 0 Å². The molecule has 0 spiro atoms. The Balaban J connectivity index is 2.87. The van der Waals surface area contributed by atoms with Gasteiger partial charge < -0.3 is 10.1 Å². The van der Waals surface area contributed by atoms with Gasteiger partial charge >= 0.3 is 5.97 Å². The molecule has 104 valence electrons. The summed E-state index contributed by atoms with van der Waals surface area (Å²) in [6.07, 6.45) is 0. The van der Waals surface area contributed by atoms with Gasteiger partial charge in [0, 0.05) is 9.13 Å². The number of carbonyl (C=O) groups excluding carboxylic acids is 2. The molecule has 0 saturated heterocycles. The Kier molecular flexibility index (Phi) is 6.06. The number of methoxy groups -OCH3 is 1. The zero-order valence-corrected chi connectivity index (χ0v) is 13.8. The van der Waals surface area contributed by atoms with Crippen LogP contribution in [0.25, 0.3) is 0 Å². The van der Waals surface area contributed by atoms with Gasteiger partial charge in [-0.05, 0) is 46.7 Å². The second kappa shape index (κ2) is 7.09. The summed E-state index contributed by atoms with van der Waals surface area (Å²) in [7, 11) is 1.30. The highest BCUT2D eigenvalue weighted by molar-refractivity contribution is 14.1. The maximum absolute atomic E-state index is 12.1. The number of benzene rings is 1. The number of nitrogens with one attached hydrogen (secondary N) is 1. The van der Waals surface area contributed by atoms with Crippen LogP contribution in [0.4, 0.5) is 0 Å². The molecule has 1 rings (SSSR count). The number of ether oxygens (including phenoxy) is 1. The predicted molar refractivity (Wildman–Crippen MR) is 82.3 cm³/mol. The average Bonchev–Trinajstić information content (AvgIpc) is 2.37. The van der Waals surface area contributed by atoms with Gasteiger partial charge in [-0.1, -0.05) is 25.4 Å².